The predicted octanol–water partition coefficient (Wildman–Crippen LogP) is 12.9. The van der Waals surface area contributed by atoms with Crippen molar-refractivity contribution in [2.45, 2.75) is 5.92 Å². The molecule has 0 radical (unpaired) electrons. The fraction of sp³-hybridized carbons (Fsp3) is 0.0417. The Hall–Kier alpha value is -6.38. The summed E-state index contributed by atoms with van der Waals surface area (Å²) in [6.07, 6.45) is 0. The Morgan fingerprint density at radius 3 is 1.08 bits per heavy atom. The zero-order chi connectivity index (χ0) is 33.2. The Labute approximate surface area is 290 Å². The molecule has 236 valence electrons. The average Bonchev–Trinajstić information content (AvgIpc) is 3.20. The van der Waals surface area contributed by atoms with E-state index in [2.05, 4.69) is 158 Å². The zero-order valence-corrected chi connectivity index (χ0v) is 27.6. The second kappa shape index (κ2) is 11.4. The van der Waals surface area contributed by atoms with E-state index in [1.54, 1.807) is 7.11 Å². The first-order chi connectivity index (χ1) is 24.8. The lowest BCUT2D eigenvalue weighted by Crippen LogP contribution is -2.14. The van der Waals surface area contributed by atoms with Crippen LogP contribution >= 0.6 is 0 Å². The number of ether oxygens (including phenoxy) is 2. The molecule has 2 heteroatoms. The normalized spacial score (nSPS) is 12.6. The number of benzene rings is 9. The van der Waals surface area contributed by atoms with Gasteiger partial charge in [0.05, 0.1) is 7.11 Å². The van der Waals surface area contributed by atoms with Crippen LogP contribution in [-0.2, 0) is 0 Å². The van der Waals surface area contributed by atoms with Crippen molar-refractivity contribution in [3.05, 3.63) is 187 Å². The lowest BCUT2D eigenvalue weighted by Gasteiger charge is -2.33. The van der Waals surface area contributed by atoms with Crippen molar-refractivity contribution < 1.29 is 9.47 Å². The summed E-state index contributed by atoms with van der Waals surface area (Å²) in [4.78, 5) is 0. The number of methoxy groups -OCH3 is 1. The van der Waals surface area contributed by atoms with Crippen molar-refractivity contribution in [2.75, 3.05) is 7.11 Å². The third kappa shape index (κ3) is 4.35. The van der Waals surface area contributed by atoms with Gasteiger partial charge in [0, 0.05) is 27.8 Å². The molecule has 0 saturated heterocycles. The van der Waals surface area contributed by atoms with Crippen LogP contribution in [0.2, 0.25) is 0 Å². The molecule has 1 heterocycles. The summed E-state index contributed by atoms with van der Waals surface area (Å²) in [5.41, 5.74) is 8.43. The summed E-state index contributed by atoms with van der Waals surface area (Å²) in [6, 6.07) is 61.3. The van der Waals surface area contributed by atoms with Gasteiger partial charge in [-0.1, -0.05) is 158 Å². The van der Waals surface area contributed by atoms with Crippen molar-refractivity contribution >= 4 is 43.1 Å². The van der Waals surface area contributed by atoms with E-state index in [0.717, 1.165) is 28.0 Å². The third-order valence-electron chi connectivity index (χ3n) is 10.5. The first-order valence-electron chi connectivity index (χ1n) is 17.2. The van der Waals surface area contributed by atoms with E-state index in [-0.39, 0.29) is 5.92 Å². The molecular formula is C48H32O2. The fourth-order valence-electron chi connectivity index (χ4n) is 8.15. The Balaban J connectivity index is 1.18. The maximum Gasteiger partial charge on any atom is 0.140 e. The van der Waals surface area contributed by atoms with E-state index >= 15 is 0 Å². The molecule has 0 spiro atoms. The minimum absolute atomic E-state index is 0.0377. The van der Waals surface area contributed by atoms with Crippen LogP contribution in [0.4, 0.5) is 0 Å². The fourth-order valence-corrected chi connectivity index (χ4v) is 8.15. The monoisotopic (exact) mass is 640 g/mol. The summed E-state index contributed by atoms with van der Waals surface area (Å²) in [5, 5.41) is 9.66. The molecular weight excluding hydrogens is 609 g/mol. The quantitative estimate of drug-likeness (QED) is 0.178. The topological polar surface area (TPSA) is 18.5 Å². The largest absolute Gasteiger partial charge is 0.497 e. The Bertz CT molecular complexity index is 2620. The van der Waals surface area contributed by atoms with Gasteiger partial charge in [0.15, 0.2) is 0 Å². The molecule has 0 N–H and O–H groups in total. The number of hydrogen-bond donors (Lipinski definition) is 0. The van der Waals surface area contributed by atoms with Crippen LogP contribution < -0.4 is 9.47 Å². The minimum atomic E-state index is -0.0377. The van der Waals surface area contributed by atoms with Gasteiger partial charge in [-0.3, -0.25) is 0 Å². The van der Waals surface area contributed by atoms with Crippen molar-refractivity contribution in [3.8, 4) is 39.5 Å². The van der Waals surface area contributed by atoms with Gasteiger partial charge < -0.3 is 9.47 Å². The SMILES string of the molecule is COc1ccc(-c2ccc(-c3ccc(C4c5c(c6ccccc6c6ccccc56)Oc5c4c4ccccc4c4ccccc54)cc3)cc2)cc1. The Morgan fingerprint density at radius 2 is 0.680 bits per heavy atom. The highest BCUT2D eigenvalue weighted by molar-refractivity contribution is 6.17. The number of rotatable bonds is 4. The molecule has 0 bridgehead atoms. The van der Waals surface area contributed by atoms with Crippen LogP contribution in [-0.4, -0.2) is 7.11 Å². The molecule has 0 aromatic heterocycles. The van der Waals surface area contributed by atoms with Crippen molar-refractivity contribution in [3.63, 3.8) is 0 Å². The molecule has 10 rings (SSSR count). The lowest BCUT2D eigenvalue weighted by atomic mass is 9.76. The number of hydrogen-bond acceptors (Lipinski definition) is 2. The molecule has 1 aliphatic heterocycles. The van der Waals surface area contributed by atoms with Crippen LogP contribution in [0.3, 0.4) is 0 Å². The molecule has 0 unspecified atom stereocenters. The molecule has 9 aromatic carbocycles. The summed E-state index contributed by atoms with van der Waals surface area (Å²) >= 11 is 0. The van der Waals surface area contributed by atoms with E-state index in [0.29, 0.717) is 0 Å². The van der Waals surface area contributed by atoms with Gasteiger partial charge in [-0.05, 0) is 72.3 Å². The van der Waals surface area contributed by atoms with Gasteiger partial charge in [0.1, 0.15) is 17.2 Å². The molecule has 0 amide bonds. The maximum atomic E-state index is 7.22. The highest BCUT2D eigenvalue weighted by atomic mass is 16.5. The predicted molar refractivity (Wildman–Crippen MR) is 208 cm³/mol. The first kappa shape index (κ1) is 28.6. The van der Waals surface area contributed by atoms with Gasteiger partial charge in [-0.25, -0.2) is 0 Å². The molecule has 50 heavy (non-hydrogen) atoms. The third-order valence-corrected chi connectivity index (χ3v) is 10.5. The van der Waals surface area contributed by atoms with Gasteiger partial charge in [0.25, 0.3) is 0 Å². The number of fused-ring (bicyclic) bond motifs is 12. The molecule has 0 aliphatic carbocycles. The summed E-state index contributed by atoms with van der Waals surface area (Å²) < 4.78 is 12.6. The van der Waals surface area contributed by atoms with Gasteiger partial charge in [-0.2, -0.15) is 0 Å². The summed E-state index contributed by atoms with van der Waals surface area (Å²) in [7, 11) is 1.70. The van der Waals surface area contributed by atoms with E-state index < -0.39 is 0 Å². The summed E-state index contributed by atoms with van der Waals surface area (Å²) in [6.45, 7) is 0. The van der Waals surface area contributed by atoms with Gasteiger partial charge in [-0.15, -0.1) is 0 Å². The van der Waals surface area contributed by atoms with E-state index in [1.807, 2.05) is 12.1 Å². The smallest absolute Gasteiger partial charge is 0.140 e. The van der Waals surface area contributed by atoms with Crippen molar-refractivity contribution in [2.24, 2.45) is 0 Å². The van der Waals surface area contributed by atoms with Crippen molar-refractivity contribution in [1.29, 1.82) is 0 Å². The summed E-state index contributed by atoms with van der Waals surface area (Å²) in [5.74, 6) is 2.73. The maximum absolute atomic E-state index is 7.22. The Kier molecular flexibility index (Phi) is 6.50. The molecule has 0 fully saturated rings. The second-order valence-electron chi connectivity index (χ2n) is 13.1. The lowest BCUT2D eigenvalue weighted by molar-refractivity contribution is 0.415. The van der Waals surface area contributed by atoms with Crippen LogP contribution in [0.5, 0.6) is 17.2 Å². The van der Waals surface area contributed by atoms with E-state index in [4.69, 9.17) is 9.47 Å². The standard InChI is InChI=1S/C48H32O2/c1-49-35-28-26-33(27-29-35)31-20-18-30(19-21-31)32-22-24-34(25-23-32)44-45-40-14-6-2-10-36(40)38-12-4-8-16-42(38)47(45)50-48-43-17-9-5-13-39(43)37-11-3-7-15-41(37)46(44)48/h2-29,44H,1H3. The molecule has 0 saturated carbocycles. The Morgan fingerprint density at radius 1 is 0.360 bits per heavy atom. The molecule has 1 aliphatic rings. The second-order valence-corrected chi connectivity index (χ2v) is 13.1. The van der Waals surface area contributed by atoms with Gasteiger partial charge >= 0.3 is 0 Å². The zero-order valence-electron chi connectivity index (χ0n) is 27.6. The average molecular weight is 641 g/mol. The minimum Gasteiger partial charge on any atom is -0.497 e. The molecule has 0 atom stereocenters. The highest BCUT2D eigenvalue weighted by Gasteiger charge is 2.35. The first-order valence-corrected chi connectivity index (χ1v) is 17.2. The van der Waals surface area contributed by atoms with Crippen LogP contribution in [0.25, 0.3) is 65.3 Å². The molecule has 2 nitrogen and oxygen atoms in total. The van der Waals surface area contributed by atoms with Gasteiger partial charge in [0.2, 0.25) is 0 Å². The van der Waals surface area contributed by atoms with Crippen LogP contribution in [0, 0.1) is 0 Å². The van der Waals surface area contributed by atoms with Crippen molar-refractivity contribution in [1.82, 2.24) is 0 Å². The highest BCUT2D eigenvalue weighted by Crippen LogP contribution is 2.57. The van der Waals surface area contributed by atoms with E-state index in [9.17, 15) is 0 Å². The van der Waals surface area contributed by atoms with E-state index in [1.165, 1.54) is 71.3 Å². The molecule has 9 aromatic rings. The van der Waals surface area contributed by atoms with Crippen LogP contribution in [0.1, 0.15) is 22.6 Å². The van der Waals surface area contributed by atoms with Crippen LogP contribution in [0.15, 0.2) is 170 Å².